The number of hydrogen-bond acceptors (Lipinski definition) is 2. The number of fused-ring (bicyclic) bond motifs is 1. The first kappa shape index (κ1) is 11.5. The van der Waals surface area contributed by atoms with E-state index in [1.54, 1.807) is 7.11 Å². The van der Waals surface area contributed by atoms with Crippen molar-refractivity contribution in [1.29, 1.82) is 0 Å². The molecule has 16 heavy (non-hydrogen) atoms. The van der Waals surface area contributed by atoms with Crippen molar-refractivity contribution >= 4 is 0 Å². The Balaban J connectivity index is 2.12. The summed E-state index contributed by atoms with van der Waals surface area (Å²) in [5.74, 6) is 1.79. The molecule has 88 valence electrons. The second-order valence-corrected chi connectivity index (χ2v) is 5.01. The minimum absolute atomic E-state index is 0.801. The molecule has 1 aliphatic carbocycles. The van der Waals surface area contributed by atoms with Gasteiger partial charge in [-0.25, -0.2) is 0 Å². The topological polar surface area (TPSA) is 12.5 Å². The van der Waals surface area contributed by atoms with Crippen LogP contribution >= 0.6 is 0 Å². The fourth-order valence-corrected chi connectivity index (χ4v) is 2.61. The Morgan fingerprint density at radius 1 is 1.31 bits per heavy atom. The summed E-state index contributed by atoms with van der Waals surface area (Å²) < 4.78 is 5.29. The van der Waals surface area contributed by atoms with E-state index in [4.69, 9.17) is 4.74 Å². The molecule has 0 spiro atoms. The van der Waals surface area contributed by atoms with E-state index in [0.717, 1.165) is 11.7 Å². The van der Waals surface area contributed by atoms with Crippen LogP contribution in [0, 0.1) is 5.92 Å². The average molecular weight is 219 g/mol. The zero-order valence-corrected chi connectivity index (χ0v) is 10.5. The molecule has 0 saturated carbocycles. The normalized spacial score (nSPS) is 19.6. The van der Waals surface area contributed by atoms with Gasteiger partial charge in [0.2, 0.25) is 0 Å². The molecule has 2 nitrogen and oxygen atoms in total. The molecule has 2 heteroatoms. The van der Waals surface area contributed by atoms with Gasteiger partial charge in [-0.3, -0.25) is 0 Å². The van der Waals surface area contributed by atoms with E-state index in [9.17, 15) is 0 Å². The number of rotatable bonds is 3. The maximum absolute atomic E-state index is 5.29. The first-order valence-electron chi connectivity index (χ1n) is 5.99. The zero-order valence-electron chi connectivity index (χ0n) is 10.5. The van der Waals surface area contributed by atoms with Crippen LogP contribution in [0.3, 0.4) is 0 Å². The van der Waals surface area contributed by atoms with Crippen molar-refractivity contribution in [2.75, 3.05) is 27.7 Å². The fraction of sp³-hybridized carbons (Fsp3) is 0.571. The maximum Gasteiger partial charge on any atom is 0.119 e. The van der Waals surface area contributed by atoms with Gasteiger partial charge in [0.25, 0.3) is 0 Å². The van der Waals surface area contributed by atoms with Crippen molar-refractivity contribution in [1.82, 2.24) is 4.90 Å². The second-order valence-electron chi connectivity index (χ2n) is 5.01. The summed E-state index contributed by atoms with van der Waals surface area (Å²) in [5, 5.41) is 0. The highest BCUT2D eigenvalue weighted by molar-refractivity contribution is 5.37. The molecule has 0 amide bonds. The van der Waals surface area contributed by atoms with Gasteiger partial charge in [0.05, 0.1) is 7.11 Å². The van der Waals surface area contributed by atoms with Crippen molar-refractivity contribution in [2.24, 2.45) is 5.92 Å². The van der Waals surface area contributed by atoms with Crippen LogP contribution in [0.5, 0.6) is 5.75 Å². The lowest BCUT2D eigenvalue weighted by Crippen LogP contribution is -2.26. The van der Waals surface area contributed by atoms with Gasteiger partial charge < -0.3 is 9.64 Å². The Bertz CT molecular complexity index is 360. The highest BCUT2D eigenvalue weighted by atomic mass is 16.5. The molecule has 1 aromatic rings. The second kappa shape index (κ2) is 4.88. The standard InChI is InChI=1S/C14H21NO/c1-15(2)10-11-4-5-12-6-7-14(16-3)9-13(12)8-11/h6-7,9,11H,4-5,8,10H2,1-3H3. The molecule has 2 rings (SSSR count). The number of hydrogen-bond donors (Lipinski definition) is 0. The predicted molar refractivity (Wildman–Crippen MR) is 67.1 cm³/mol. The van der Waals surface area contributed by atoms with Crippen LogP contribution < -0.4 is 4.74 Å². The van der Waals surface area contributed by atoms with Gasteiger partial charge in [0.1, 0.15) is 5.75 Å². The van der Waals surface area contributed by atoms with Gasteiger partial charge in [-0.05, 0) is 62.5 Å². The number of nitrogens with zero attached hydrogens (tertiary/aromatic N) is 1. The third-order valence-electron chi connectivity index (χ3n) is 3.37. The van der Waals surface area contributed by atoms with Crippen LogP contribution in [0.15, 0.2) is 18.2 Å². The minimum Gasteiger partial charge on any atom is -0.497 e. The third kappa shape index (κ3) is 2.56. The molecule has 1 atom stereocenters. The van der Waals surface area contributed by atoms with Crippen molar-refractivity contribution in [3.8, 4) is 5.75 Å². The first-order chi connectivity index (χ1) is 7.69. The summed E-state index contributed by atoms with van der Waals surface area (Å²) in [6.07, 6.45) is 3.74. The van der Waals surface area contributed by atoms with Crippen molar-refractivity contribution in [3.05, 3.63) is 29.3 Å². The lowest BCUT2D eigenvalue weighted by atomic mass is 9.83. The number of ether oxygens (including phenoxy) is 1. The highest BCUT2D eigenvalue weighted by Crippen LogP contribution is 2.28. The Kier molecular flexibility index (Phi) is 3.49. The van der Waals surface area contributed by atoms with E-state index in [-0.39, 0.29) is 0 Å². The van der Waals surface area contributed by atoms with Crippen LogP contribution in [0.25, 0.3) is 0 Å². The smallest absolute Gasteiger partial charge is 0.119 e. The maximum atomic E-state index is 5.29. The first-order valence-corrected chi connectivity index (χ1v) is 5.99. The third-order valence-corrected chi connectivity index (χ3v) is 3.37. The molecular formula is C14H21NO. The van der Waals surface area contributed by atoms with Crippen LogP contribution in [0.4, 0.5) is 0 Å². The van der Waals surface area contributed by atoms with E-state index in [0.29, 0.717) is 0 Å². The zero-order chi connectivity index (χ0) is 11.5. The Hall–Kier alpha value is -1.02. The minimum atomic E-state index is 0.801. The summed E-state index contributed by atoms with van der Waals surface area (Å²) >= 11 is 0. The molecule has 0 aromatic heterocycles. The number of benzene rings is 1. The van der Waals surface area contributed by atoms with Gasteiger partial charge in [-0.15, -0.1) is 0 Å². The SMILES string of the molecule is COc1ccc2c(c1)CC(CN(C)C)CC2. The summed E-state index contributed by atoms with van der Waals surface area (Å²) in [4.78, 5) is 2.29. The Labute approximate surface area is 98.2 Å². The Morgan fingerprint density at radius 3 is 2.81 bits per heavy atom. The Morgan fingerprint density at radius 2 is 2.12 bits per heavy atom. The van der Waals surface area contributed by atoms with Crippen LogP contribution in [-0.2, 0) is 12.8 Å². The van der Waals surface area contributed by atoms with Crippen LogP contribution in [-0.4, -0.2) is 32.6 Å². The summed E-state index contributed by atoms with van der Waals surface area (Å²) in [7, 11) is 6.05. The van der Waals surface area contributed by atoms with Gasteiger partial charge in [0, 0.05) is 6.54 Å². The predicted octanol–water partition coefficient (Wildman–Crippen LogP) is 2.36. The fourth-order valence-electron chi connectivity index (χ4n) is 2.61. The van der Waals surface area contributed by atoms with E-state index in [2.05, 4.69) is 37.2 Å². The molecule has 0 saturated heterocycles. The van der Waals surface area contributed by atoms with Crippen LogP contribution in [0.2, 0.25) is 0 Å². The molecule has 0 N–H and O–H groups in total. The molecule has 1 unspecified atom stereocenters. The van der Waals surface area contributed by atoms with E-state index in [1.807, 2.05) is 0 Å². The van der Waals surface area contributed by atoms with E-state index < -0.39 is 0 Å². The molecule has 0 aliphatic heterocycles. The van der Waals surface area contributed by atoms with Crippen molar-refractivity contribution < 1.29 is 4.74 Å². The van der Waals surface area contributed by atoms with Gasteiger partial charge in [0.15, 0.2) is 0 Å². The number of aryl methyl sites for hydroxylation is 1. The molecule has 0 fully saturated rings. The van der Waals surface area contributed by atoms with Gasteiger partial charge >= 0.3 is 0 Å². The lowest BCUT2D eigenvalue weighted by molar-refractivity contribution is 0.302. The monoisotopic (exact) mass is 219 g/mol. The molecular weight excluding hydrogens is 198 g/mol. The van der Waals surface area contributed by atoms with Gasteiger partial charge in [-0.1, -0.05) is 6.07 Å². The van der Waals surface area contributed by atoms with E-state index >= 15 is 0 Å². The number of methoxy groups -OCH3 is 1. The summed E-state index contributed by atoms with van der Waals surface area (Å²) in [6, 6.07) is 6.50. The molecule has 0 bridgehead atoms. The van der Waals surface area contributed by atoms with E-state index in [1.165, 1.54) is 36.9 Å². The quantitative estimate of drug-likeness (QED) is 0.774. The molecule has 1 aliphatic rings. The average Bonchev–Trinajstić information content (AvgIpc) is 2.27. The van der Waals surface area contributed by atoms with Crippen molar-refractivity contribution in [3.63, 3.8) is 0 Å². The van der Waals surface area contributed by atoms with Crippen molar-refractivity contribution in [2.45, 2.75) is 19.3 Å². The molecule has 1 aromatic carbocycles. The van der Waals surface area contributed by atoms with Crippen LogP contribution in [0.1, 0.15) is 17.5 Å². The largest absolute Gasteiger partial charge is 0.497 e. The molecule has 0 heterocycles. The van der Waals surface area contributed by atoms with Gasteiger partial charge in [-0.2, -0.15) is 0 Å². The highest BCUT2D eigenvalue weighted by Gasteiger charge is 2.19. The molecule has 0 radical (unpaired) electrons. The summed E-state index contributed by atoms with van der Waals surface area (Å²) in [5.41, 5.74) is 2.99. The lowest BCUT2D eigenvalue weighted by Gasteiger charge is -2.27. The summed E-state index contributed by atoms with van der Waals surface area (Å²) in [6.45, 7) is 1.19.